The summed E-state index contributed by atoms with van der Waals surface area (Å²) in [7, 11) is 0. The molecule has 11 nitrogen and oxygen atoms in total. The number of hydrogen-bond acceptors (Lipinski definition) is 10. The van der Waals surface area contributed by atoms with Crippen molar-refractivity contribution in [2.24, 2.45) is 5.92 Å². The lowest BCUT2D eigenvalue weighted by atomic mass is 9.89. The van der Waals surface area contributed by atoms with Crippen molar-refractivity contribution in [2.75, 3.05) is 0 Å². The average molecular weight is 594 g/mol. The topological polar surface area (TPSA) is 147 Å². The van der Waals surface area contributed by atoms with E-state index in [1.807, 2.05) is 13.8 Å². The van der Waals surface area contributed by atoms with Crippen LogP contribution in [0, 0.1) is 5.92 Å². The second-order valence-electron chi connectivity index (χ2n) is 11.3. The lowest BCUT2D eigenvalue weighted by Gasteiger charge is -2.34. The summed E-state index contributed by atoms with van der Waals surface area (Å²) in [6.45, 7) is 10.9. The van der Waals surface area contributed by atoms with E-state index in [1.165, 1.54) is 18.2 Å². The van der Waals surface area contributed by atoms with Crippen molar-refractivity contribution >= 4 is 24.2 Å². The summed E-state index contributed by atoms with van der Waals surface area (Å²) in [4.78, 5) is 50.8. The Morgan fingerprint density at radius 3 is 1.93 bits per heavy atom. The Balaban J connectivity index is 2.40. The van der Waals surface area contributed by atoms with Crippen LogP contribution in [0.25, 0.3) is 0 Å². The van der Waals surface area contributed by atoms with Gasteiger partial charge in [0.2, 0.25) is 0 Å². The van der Waals surface area contributed by atoms with E-state index in [9.17, 15) is 24.3 Å². The Kier molecular flexibility index (Phi) is 14.1. The van der Waals surface area contributed by atoms with Crippen molar-refractivity contribution < 1.29 is 48.0 Å². The van der Waals surface area contributed by atoms with E-state index in [0.29, 0.717) is 31.2 Å². The van der Waals surface area contributed by atoms with Crippen LogP contribution in [0.5, 0.6) is 11.5 Å². The lowest BCUT2D eigenvalue weighted by molar-refractivity contribution is -0.188. The molecule has 42 heavy (non-hydrogen) atoms. The fourth-order valence-electron chi connectivity index (χ4n) is 4.96. The standard InChI is InChI=1S/C31H47NO10/c1-7-12-21(5)38-29(36)40-25-17-16-23(18-26(25)41-30(37)39-22(6)13-8-2)19-31(28(34)35,32-20(3)4)42-27(33)24-14-10-9-11-15-24/h16-18,20-22,24,32H,7-15,19H2,1-6H3,(H,34,35)/t21?,22?,31-/m0/s1. The first-order valence-electron chi connectivity index (χ1n) is 15.0. The minimum atomic E-state index is -2.09. The molecule has 0 saturated heterocycles. The molecule has 1 aromatic rings. The first-order chi connectivity index (χ1) is 19.9. The number of carboxylic acid groups (broad SMARTS) is 1. The number of carbonyl (C=O) groups excluding carboxylic acids is 3. The third-order valence-electron chi connectivity index (χ3n) is 6.91. The van der Waals surface area contributed by atoms with Crippen molar-refractivity contribution in [2.45, 2.75) is 130 Å². The SMILES string of the molecule is CCCC(C)OC(=O)Oc1ccc(C[C@](NC(C)C)(OC(=O)C2CCCCC2)C(=O)O)cc1OC(=O)OC(C)CCC. The third kappa shape index (κ3) is 11.2. The molecule has 1 aromatic carbocycles. The Hall–Kier alpha value is -3.34. The number of hydrogen-bond donors (Lipinski definition) is 2. The third-order valence-corrected chi connectivity index (χ3v) is 6.91. The fourth-order valence-corrected chi connectivity index (χ4v) is 4.96. The molecule has 0 heterocycles. The van der Waals surface area contributed by atoms with E-state index in [0.717, 1.165) is 32.1 Å². The van der Waals surface area contributed by atoms with Crippen molar-refractivity contribution in [3.8, 4) is 11.5 Å². The monoisotopic (exact) mass is 593 g/mol. The zero-order chi connectivity index (χ0) is 31.3. The first-order valence-corrected chi connectivity index (χ1v) is 15.0. The number of carboxylic acids is 1. The van der Waals surface area contributed by atoms with Crippen LogP contribution in [-0.4, -0.2) is 53.3 Å². The van der Waals surface area contributed by atoms with Gasteiger partial charge in [0.05, 0.1) is 5.92 Å². The molecule has 1 aliphatic rings. The molecule has 2 unspecified atom stereocenters. The molecule has 2 rings (SSSR count). The molecule has 0 aliphatic heterocycles. The highest BCUT2D eigenvalue weighted by atomic mass is 16.7. The summed E-state index contributed by atoms with van der Waals surface area (Å²) < 4.78 is 27.0. The number of rotatable bonds is 15. The first kappa shape index (κ1) is 34.9. The summed E-state index contributed by atoms with van der Waals surface area (Å²) in [5.41, 5.74) is -1.75. The maximum Gasteiger partial charge on any atom is 0.514 e. The Morgan fingerprint density at radius 1 is 0.881 bits per heavy atom. The Bertz CT molecular complexity index is 1050. The summed E-state index contributed by atoms with van der Waals surface area (Å²) in [5, 5.41) is 13.2. The number of aliphatic carboxylic acids is 1. The summed E-state index contributed by atoms with van der Waals surface area (Å²) in [6.07, 6.45) is 3.84. The Morgan fingerprint density at radius 2 is 1.43 bits per heavy atom. The molecule has 1 saturated carbocycles. The van der Waals surface area contributed by atoms with E-state index in [4.69, 9.17) is 23.7 Å². The Labute approximate surface area is 248 Å². The van der Waals surface area contributed by atoms with Crippen LogP contribution >= 0.6 is 0 Å². The van der Waals surface area contributed by atoms with Crippen LogP contribution in [-0.2, 0) is 30.2 Å². The molecule has 2 N–H and O–H groups in total. The predicted octanol–water partition coefficient (Wildman–Crippen LogP) is 6.54. The van der Waals surface area contributed by atoms with Crippen LogP contribution in [0.2, 0.25) is 0 Å². The van der Waals surface area contributed by atoms with Crippen molar-refractivity contribution in [1.82, 2.24) is 5.32 Å². The number of carbonyl (C=O) groups is 4. The molecule has 3 atom stereocenters. The summed E-state index contributed by atoms with van der Waals surface area (Å²) in [5.74, 6) is -2.61. The van der Waals surface area contributed by atoms with E-state index in [1.54, 1.807) is 27.7 Å². The molecule has 0 bridgehead atoms. The molecule has 11 heteroatoms. The predicted molar refractivity (Wildman–Crippen MR) is 154 cm³/mol. The minimum absolute atomic E-state index is 0.121. The molecule has 1 aliphatic carbocycles. The van der Waals surface area contributed by atoms with Crippen LogP contribution in [0.3, 0.4) is 0 Å². The quantitative estimate of drug-likeness (QED) is 0.0988. The van der Waals surface area contributed by atoms with Crippen LogP contribution in [0.1, 0.15) is 105 Å². The lowest BCUT2D eigenvalue weighted by Crippen LogP contribution is -2.59. The molecule has 1 fully saturated rings. The average Bonchev–Trinajstić information content (AvgIpc) is 2.90. The molecule has 0 radical (unpaired) electrons. The maximum absolute atomic E-state index is 13.1. The molecular formula is C31H47NO10. The van der Waals surface area contributed by atoms with Gasteiger partial charge >= 0.3 is 24.2 Å². The van der Waals surface area contributed by atoms with E-state index >= 15 is 0 Å². The van der Waals surface area contributed by atoms with Crippen LogP contribution in [0.4, 0.5) is 9.59 Å². The largest absolute Gasteiger partial charge is 0.514 e. The van der Waals surface area contributed by atoms with E-state index in [-0.39, 0.29) is 36.0 Å². The van der Waals surface area contributed by atoms with Gasteiger partial charge in [-0.15, -0.1) is 0 Å². The minimum Gasteiger partial charge on any atom is -0.477 e. The summed E-state index contributed by atoms with van der Waals surface area (Å²) in [6, 6.07) is 3.88. The van der Waals surface area contributed by atoms with Gasteiger partial charge in [0, 0.05) is 12.5 Å². The highest BCUT2D eigenvalue weighted by Gasteiger charge is 2.45. The number of benzene rings is 1. The highest BCUT2D eigenvalue weighted by Crippen LogP contribution is 2.33. The van der Waals surface area contributed by atoms with Crippen molar-refractivity contribution in [3.63, 3.8) is 0 Å². The highest BCUT2D eigenvalue weighted by molar-refractivity contribution is 5.83. The van der Waals surface area contributed by atoms with Gasteiger partial charge in [-0.25, -0.2) is 14.4 Å². The van der Waals surface area contributed by atoms with Gasteiger partial charge < -0.3 is 28.8 Å². The molecule has 0 aromatic heterocycles. The van der Waals surface area contributed by atoms with Gasteiger partial charge in [-0.2, -0.15) is 0 Å². The van der Waals surface area contributed by atoms with Gasteiger partial charge in [0.1, 0.15) is 12.2 Å². The number of nitrogens with one attached hydrogen (secondary N) is 1. The summed E-state index contributed by atoms with van der Waals surface area (Å²) >= 11 is 0. The number of ether oxygens (including phenoxy) is 5. The van der Waals surface area contributed by atoms with Gasteiger partial charge in [-0.1, -0.05) is 52.0 Å². The van der Waals surface area contributed by atoms with Gasteiger partial charge in [0.15, 0.2) is 11.5 Å². The van der Waals surface area contributed by atoms with E-state index in [2.05, 4.69) is 5.32 Å². The molecular weight excluding hydrogens is 546 g/mol. The van der Waals surface area contributed by atoms with Crippen LogP contribution in [0.15, 0.2) is 18.2 Å². The van der Waals surface area contributed by atoms with Gasteiger partial charge in [-0.3, -0.25) is 10.1 Å². The molecule has 236 valence electrons. The zero-order valence-corrected chi connectivity index (χ0v) is 25.7. The molecule has 0 amide bonds. The second kappa shape index (κ2) is 16.9. The number of esters is 1. The van der Waals surface area contributed by atoms with Gasteiger partial charge in [-0.05, 0) is 71.1 Å². The van der Waals surface area contributed by atoms with E-state index < -0.39 is 36.1 Å². The fraction of sp³-hybridized carbons (Fsp3) is 0.677. The normalized spacial score (nSPS) is 16.5. The smallest absolute Gasteiger partial charge is 0.477 e. The van der Waals surface area contributed by atoms with Crippen molar-refractivity contribution in [3.05, 3.63) is 23.8 Å². The second-order valence-corrected chi connectivity index (χ2v) is 11.3. The maximum atomic E-state index is 13.1. The van der Waals surface area contributed by atoms with Gasteiger partial charge in [0.25, 0.3) is 5.72 Å². The van der Waals surface area contributed by atoms with Crippen molar-refractivity contribution in [1.29, 1.82) is 0 Å². The zero-order valence-electron chi connectivity index (χ0n) is 25.7. The van der Waals surface area contributed by atoms with Crippen LogP contribution < -0.4 is 14.8 Å². The molecule has 0 spiro atoms.